The second-order valence-corrected chi connectivity index (χ2v) is 8.57. The van der Waals surface area contributed by atoms with Crippen LogP contribution in [-0.2, 0) is 19.9 Å². The van der Waals surface area contributed by atoms with Crippen LogP contribution in [0.15, 0.2) is 96.3 Å². The van der Waals surface area contributed by atoms with Crippen molar-refractivity contribution in [3.8, 4) is 0 Å². The molecule has 1 fully saturated rings. The molecule has 8 heteroatoms. The molecule has 2 aliphatic heterocycles. The normalized spacial score (nSPS) is 24.3. The average molecular weight is 480 g/mol. The summed E-state index contributed by atoms with van der Waals surface area (Å²) in [4.78, 5) is 18.8. The molecule has 0 aliphatic carbocycles. The zero-order valence-corrected chi connectivity index (χ0v) is 19.0. The number of fused-ring (bicyclic) bond motifs is 1. The van der Waals surface area contributed by atoms with Crippen LogP contribution in [0.5, 0.6) is 0 Å². The Morgan fingerprint density at radius 1 is 0.943 bits per heavy atom. The monoisotopic (exact) mass is 480 g/mol. The molecule has 1 saturated heterocycles. The van der Waals surface area contributed by atoms with E-state index >= 15 is 0 Å². The number of carbonyl (C=O) groups is 1. The van der Waals surface area contributed by atoms with E-state index in [9.17, 15) is 18.0 Å². The summed E-state index contributed by atoms with van der Waals surface area (Å²) in [5.74, 6) is -2.47. The summed E-state index contributed by atoms with van der Waals surface area (Å²) in [5.41, 5.74) is 0.625. The Hall–Kier alpha value is -3.62. The van der Waals surface area contributed by atoms with Crippen molar-refractivity contribution >= 4 is 5.97 Å². The van der Waals surface area contributed by atoms with Crippen molar-refractivity contribution in [1.29, 1.82) is 0 Å². The van der Waals surface area contributed by atoms with E-state index in [1.807, 2.05) is 49.4 Å². The highest BCUT2D eigenvalue weighted by Gasteiger charge is 2.69. The Labute approximate surface area is 200 Å². The number of methoxy groups -OCH3 is 1. The van der Waals surface area contributed by atoms with Crippen molar-refractivity contribution in [2.45, 2.75) is 30.8 Å². The minimum absolute atomic E-state index is 0.468. The fourth-order valence-electron chi connectivity index (χ4n) is 5.01. The van der Waals surface area contributed by atoms with E-state index in [1.54, 1.807) is 42.5 Å². The summed E-state index contributed by atoms with van der Waals surface area (Å²) in [6.07, 6.45) is -5.71. The largest absolute Gasteiger partial charge is 0.465 e. The molecule has 180 valence electrons. The molecule has 5 rings (SSSR count). The number of halogens is 3. The number of nitrogens with zero attached hydrogens (tertiary/aromatic N) is 1. The van der Waals surface area contributed by atoms with E-state index in [0.717, 1.165) is 12.7 Å². The molecule has 2 aliphatic rings. The van der Waals surface area contributed by atoms with E-state index in [-0.39, 0.29) is 0 Å². The van der Waals surface area contributed by atoms with Crippen LogP contribution >= 0.6 is 0 Å². The molecular formula is C27H23F3N2O3. The maximum absolute atomic E-state index is 14.4. The minimum atomic E-state index is -4.92. The van der Waals surface area contributed by atoms with Gasteiger partial charge in [-0.05, 0) is 23.6 Å². The van der Waals surface area contributed by atoms with Gasteiger partial charge in [-0.1, -0.05) is 90.5 Å². The van der Waals surface area contributed by atoms with Crippen LogP contribution < -0.4 is 5.32 Å². The van der Waals surface area contributed by atoms with Gasteiger partial charge in [-0.15, -0.1) is 5.06 Å². The van der Waals surface area contributed by atoms with Crippen molar-refractivity contribution in [3.63, 3.8) is 0 Å². The number of allylic oxidation sites excluding steroid dienone is 1. The van der Waals surface area contributed by atoms with Gasteiger partial charge in [-0.3, -0.25) is 5.32 Å². The van der Waals surface area contributed by atoms with E-state index in [2.05, 4.69) is 5.32 Å². The molecule has 0 bridgehead atoms. The van der Waals surface area contributed by atoms with Crippen LogP contribution in [0.3, 0.4) is 0 Å². The Kier molecular flexibility index (Phi) is 5.65. The van der Waals surface area contributed by atoms with E-state index in [1.165, 1.54) is 5.06 Å². The Bertz CT molecular complexity index is 1260. The summed E-state index contributed by atoms with van der Waals surface area (Å²) in [6, 6.07) is 24.4. The van der Waals surface area contributed by atoms with Crippen molar-refractivity contribution in [2.24, 2.45) is 0 Å². The lowest BCUT2D eigenvalue weighted by atomic mass is 9.74. The average Bonchev–Trinajstić information content (AvgIpc) is 3.39. The van der Waals surface area contributed by atoms with Crippen LogP contribution in [0, 0.1) is 6.92 Å². The molecule has 3 aromatic rings. The number of alkyl halides is 3. The summed E-state index contributed by atoms with van der Waals surface area (Å²) >= 11 is 0. The van der Waals surface area contributed by atoms with Gasteiger partial charge in [0.25, 0.3) is 0 Å². The second kappa shape index (κ2) is 8.55. The fourth-order valence-corrected chi connectivity index (χ4v) is 5.01. The van der Waals surface area contributed by atoms with E-state index in [0.29, 0.717) is 16.7 Å². The highest BCUT2D eigenvalue weighted by atomic mass is 19.4. The lowest BCUT2D eigenvalue weighted by Gasteiger charge is -2.37. The molecule has 0 spiro atoms. The van der Waals surface area contributed by atoms with Gasteiger partial charge in [-0.2, -0.15) is 13.2 Å². The van der Waals surface area contributed by atoms with Crippen molar-refractivity contribution in [1.82, 2.24) is 10.4 Å². The molecule has 0 amide bonds. The van der Waals surface area contributed by atoms with Gasteiger partial charge in [-0.25, -0.2) is 4.79 Å². The van der Waals surface area contributed by atoms with Gasteiger partial charge in [0.15, 0.2) is 0 Å². The number of hydrogen-bond acceptors (Lipinski definition) is 5. The van der Waals surface area contributed by atoms with Crippen molar-refractivity contribution in [2.75, 3.05) is 7.11 Å². The van der Waals surface area contributed by atoms with Crippen LogP contribution in [0.2, 0.25) is 0 Å². The molecule has 2 heterocycles. The number of rotatable bonds is 4. The molecule has 1 N–H and O–H groups in total. The summed E-state index contributed by atoms with van der Waals surface area (Å²) in [6.45, 7) is 1.93. The van der Waals surface area contributed by atoms with Gasteiger partial charge in [0, 0.05) is 0 Å². The predicted octanol–water partition coefficient (Wildman–Crippen LogP) is 5.47. The van der Waals surface area contributed by atoms with Crippen molar-refractivity contribution in [3.05, 3.63) is 119 Å². The zero-order chi connectivity index (χ0) is 24.8. The molecule has 3 aromatic carbocycles. The molecule has 3 atom stereocenters. The first-order valence-electron chi connectivity index (χ1n) is 11.1. The standard InChI is InChI=1S/C27H23F3N2O3/c1-17-13-15-19(16-14-17)24-31-22(18-9-5-3-6-10-18)26(20-11-7-4-8-12-20)21(25(33)34-2)23(27(28,29)30)35-32(24)26/h3-16,22,24,31H,1-2H3. The smallest absolute Gasteiger partial charge is 0.452 e. The van der Waals surface area contributed by atoms with Gasteiger partial charge < -0.3 is 9.57 Å². The first kappa shape index (κ1) is 23.1. The Morgan fingerprint density at radius 2 is 1.54 bits per heavy atom. The summed E-state index contributed by atoms with van der Waals surface area (Å²) in [5, 5.41) is 4.72. The second-order valence-electron chi connectivity index (χ2n) is 8.57. The summed E-state index contributed by atoms with van der Waals surface area (Å²) in [7, 11) is 1.07. The Morgan fingerprint density at radius 3 is 2.11 bits per heavy atom. The fraction of sp³-hybridized carbons (Fsp3) is 0.222. The number of benzene rings is 3. The third kappa shape index (κ3) is 3.61. The van der Waals surface area contributed by atoms with Gasteiger partial charge in [0.2, 0.25) is 5.76 Å². The van der Waals surface area contributed by atoms with Crippen LogP contribution in [0.25, 0.3) is 0 Å². The third-order valence-electron chi connectivity index (χ3n) is 6.51. The zero-order valence-electron chi connectivity index (χ0n) is 19.0. The first-order chi connectivity index (χ1) is 16.8. The number of carbonyl (C=O) groups excluding carboxylic acids is 1. The lowest BCUT2D eigenvalue weighted by Crippen LogP contribution is -2.44. The van der Waals surface area contributed by atoms with Crippen LogP contribution in [-0.4, -0.2) is 24.3 Å². The van der Waals surface area contributed by atoms with Crippen LogP contribution in [0.1, 0.15) is 34.5 Å². The molecule has 35 heavy (non-hydrogen) atoms. The molecule has 0 aromatic heterocycles. The minimum Gasteiger partial charge on any atom is -0.465 e. The predicted molar refractivity (Wildman–Crippen MR) is 122 cm³/mol. The number of ether oxygens (including phenoxy) is 1. The number of nitrogens with one attached hydrogen (secondary N) is 1. The third-order valence-corrected chi connectivity index (χ3v) is 6.51. The molecule has 0 radical (unpaired) electrons. The van der Waals surface area contributed by atoms with Crippen molar-refractivity contribution < 1.29 is 27.5 Å². The first-order valence-corrected chi connectivity index (χ1v) is 11.1. The number of aryl methyl sites for hydroxylation is 1. The molecule has 0 saturated carbocycles. The highest BCUT2D eigenvalue weighted by molar-refractivity contribution is 5.93. The lowest BCUT2D eigenvalue weighted by molar-refractivity contribution is -0.219. The number of hydrogen-bond donors (Lipinski definition) is 1. The van der Waals surface area contributed by atoms with E-state index < -0.39 is 41.2 Å². The van der Waals surface area contributed by atoms with Gasteiger partial charge in [0.1, 0.15) is 17.3 Å². The molecular weight excluding hydrogens is 457 g/mol. The van der Waals surface area contributed by atoms with Gasteiger partial charge >= 0.3 is 12.1 Å². The SMILES string of the molecule is COC(=O)C1=C(C(F)(F)F)ON2C(c3ccc(C)cc3)NC(c3ccccc3)C12c1ccccc1. The van der Waals surface area contributed by atoms with Crippen LogP contribution in [0.4, 0.5) is 13.2 Å². The number of esters is 1. The summed E-state index contributed by atoms with van der Waals surface area (Å²) < 4.78 is 48.0. The molecule has 3 unspecified atom stereocenters. The maximum atomic E-state index is 14.4. The Balaban J connectivity index is 1.84. The van der Waals surface area contributed by atoms with E-state index in [4.69, 9.17) is 9.57 Å². The topological polar surface area (TPSA) is 50.8 Å². The maximum Gasteiger partial charge on any atom is 0.452 e. The number of hydroxylamine groups is 2. The molecule has 5 nitrogen and oxygen atoms in total. The van der Waals surface area contributed by atoms with Gasteiger partial charge in [0.05, 0.1) is 13.2 Å². The quantitative estimate of drug-likeness (QED) is 0.502. The highest BCUT2D eigenvalue weighted by Crippen LogP contribution is 2.61.